The summed E-state index contributed by atoms with van der Waals surface area (Å²) in [5.41, 5.74) is 1.35. The highest BCUT2D eigenvalue weighted by Crippen LogP contribution is 2.34. The van der Waals surface area contributed by atoms with Crippen LogP contribution in [-0.4, -0.2) is 31.3 Å². The van der Waals surface area contributed by atoms with E-state index in [0.717, 1.165) is 5.69 Å². The minimum Gasteiger partial charge on any atom is -0.454 e. The van der Waals surface area contributed by atoms with Crippen molar-refractivity contribution in [3.8, 4) is 11.5 Å². The van der Waals surface area contributed by atoms with E-state index in [9.17, 15) is 9.59 Å². The first kappa shape index (κ1) is 16.5. The van der Waals surface area contributed by atoms with E-state index < -0.39 is 0 Å². The van der Waals surface area contributed by atoms with Crippen LogP contribution in [0.1, 0.15) is 6.42 Å². The molecule has 0 saturated carbocycles. The number of hydrogen-bond donors (Lipinski definition) is 2. The fourth-order valence-electron chi connectivity index (χ4n) is 3.00. The molecule has 2 heterocycles. The predicted molar refractivity (Wildman–Crippen MR) is 96.9 cm³/mol. The van der Waals surface area contributed by atoms with Gasteiger partial charge in [-0.25, -0.2) is 4.79 Å². The Morgan fingerprint density at radius 2 is 1.88 bits per heavy atom. The zero-order valence-corrected chi connectivity index (χ0v) is 14.5. The molecule has 2 aromatic carbocycles. The van der Waals surface area contributed by atoms with E-state index in [1.807, 2.05) is 0 Å². The summed E-state index contributed by atoms with van der Waals surface area (Å²) in [6.45, 7) is 0.588. The maximum atomic E-state index is 12.2. The van der Waals surface area contributed by atoms with E-state index in [2.05, 4.69) is 10.6 Å². The number of nitrogens with zero attached hydrogens (tertiary/aromatic N) is 1. The van der Waals surface area contributed by atoms with Crippen molar-refractivity contribution in [2.45, 2.75) is 12.5 Å². The highest BCUT2D eigenvalue weighted by atomic mass is 35.5. The highest BCUT2D eigenvalue weighted by Gasteiger charge is 2.31. The number of carbonyl (C=O) groups excluding carboxylic acids is 2. The lowest BCUT2D eigenvalue weighted by atomic mass is 10.2. The van der Waals surface area contributed by atoms with Crippen LogP contribution in [0.4, 0.5) is 16.2 Å². The summed E-state index contributed by atoms with van der Waals surface area (Å²) in [6.07, 6.45) is 0.247. The number of amides is 3. The molecule has 3 amide bonds. The fraction of sp³-hybridized carbons (Fsp3) is 0.222. The number of urea groups is 1. The second-order valence-electron chi connectivity index (χ2n) is 6.05. The molecule has 1 unspecified atom stereocenters. The van der Waals surface area contributed by atoms with E-state index >= 15 is 0 Å². The molecule has 0 aliphatic carbocycles. The summed E-state index contributed by atoms with van der Waals surface area (Å²) < 4.78 is 10.5. The Kier molecular flexibility index (Phi) is 4.30. The van der Waals surface area contributed by atoms with Crippen LogP contribution in [0.25, 0.3) is 0 Å². The number of rotatable bonds is 3. The van der Waals surface area contributed by atoms with Crippen molar-refractivity contribution >= 4 is 34.9 Å². The first-order valence-electron chi connectivity index (χ1n) is 8.11. The van der Waals surface area contributed by atoms with Gasteiger partial charge in [0.1, 0.15) is 0 Å². The Morgan fingerprint density at radius 1 is 1.12 bits per heavy atom. The lowest BCUT2D eigenvalue weighted by Gasteiger charge is -2.17. The molecule has 4 rings (SSSR count). The maximum Gasteiger partial charge on any atom is 0.319 e. The smallest absolute Gasteiger partial charge is 0.319 e. The number of fused-ring (bicyclic) bond motifs is 1. The van der Waals surface area contributed by atoms with Crippen molar-refractivity contribution in [1.29, 1.82) is 0 Å². The average Bonchev–Trinajstić information content (AvgIpc) is 3.21. The van der Waals surface area contributed by atoms with Gasteiger partial charge in [0, 0.05) is 35.4 Å². The van der Waals surface area contributed by atoms with Crippen LogP contribution in [0, 0.1) is 0 Å². The zero-order chi connectivity index (χ0) is 18.1. The third-order valence-electron chi connectivity index (χ3n) is 4.23. The Balaban J connectivity index is 1.36. The van der Waals surface area contributed by atoms with Crippen molar-refractivity contribution in [2.75, 3.05) is 23.6 Å². The van der Waals surface area contributed by atoms with Crippen molar-refractivity contribution in [1.82, 2.24) is 5.32 Å². The van der Waals surface area contributed by atoms with Crippen LogP contribution < -0.4 is 25.0 Å². The van der Waals surface area contributed by atoms with Gasteiger partial charge in [-0.1, -0.05) is 11.6 Å². The van der Waals surface area contributed by atoms with Crippen molar-refractivity contribution in [3.05, 3.63) is 47.5 Å². The number of anilines is 2. The van der Waals surface area contributed by atoms with E-state index in [1.54, 1.807) is 47.4 Å². The highest BCUT2D eigenvalue weighted by molar-refractivity contribution is 6.30. The van der Waals surface area contributed by atoms with Gasteiger partial charge < -0.3 is 25.0 Å². The first-order chi connectivity index (χ1) is 12.6. The van der Waals surface area contributed by atoms with E-state index in [4.69, 9.17) is 21.1 Å². The van der Waals surface area contributed by atoms with E-state index in [0.29, 0.717) is 28.8 Å². The van der Waals surface area contributed by atoms with Gasteiger partial charge >= 0.3 is 6.03 Å². The SMILES string of the molecule is O=C(Nc1ccc2c(c1)OCO2)NC1CC(=O)N(c2ccc(Cl)cc2)C1. The molecule has 0 radical (unpaired) electrons. The van der Waals surface area contributed by atoms with Gasteiger partial charge in [0.05, 0.1) is 6.04 Å². The van der Waals surface area contributed by atoms with Crippen molar-refractivity contribution in [2.24, 2.45) is 0 Å². The molecule has 1 saturated heterocycles. The molecule has 1 atom stereocenters. The number of hydrogen-bond acceptors (Lipinski definition) is 4. The minimum absolute atomic E-state index is 0.0410. The summed E-state index contributed by atoms with van der Waals surface area (Å²) in [7, 11) is 0. The maximum absolute atomic E-state index is 12.2. The quantitative estimate of drug-likeness (QED) is 0.866. The van der Waals surface area contributed by atoms with Gasteiger partial charge in [-0.3, -0.25) is 4.79 Å². The lowest BCUT2D eigenvalue weighted by molar-refractivity contribution is -0.117. The molecular formula is C18H16ClN3O4. The molecule has 134 valence electrons. The standard InChI is InChI=1S/C18H16ClN3O4/c19-11-1-4-14(5-2-11)22-9-13(8-17(22)23)21-18(24)20-12-3-6-15-16(7-12)26-10-25-15/h1-7,13H,8-10H2,(H2,20,21,24). The largest absolute Gasteiger partial charge is 0.454 e. The van der Waals surface area contributed by atoms with Crippen LogP contribution in [-0.2, 0) is 4.79 Å². The molecular weight excluding hydrogens is 358 g/mol. The van der Waals surface area contributed by atoms with Gasteiger partial charge in [-0.15, -0.1) is 0 Å². The minimum atomic E-state index is -0.375. The molecule has 0 spiro atoms. The third-order valence-corrected chi connectivity index (χ3v) is 4.48. The number of ether oxygens (including phenoxy) is 2. The van der Waals surface area contributed by atoms with Crippen LogP contribution in [0.15, 0.2) is 42.5 Å². The van der Waals surface area contributed by atoms with Gasteiger partial charge in [0.2, 0.25) is 12.7 Å². The Labute approximate surface area is 154 Å². The van der Waals surface area contributed by atoms with Gasteiger partial charge in [0.25, 0.3) is 0 Å². The van der Waals surface area contributed by atoms with Crippen LogP contribution >= 0.6 is 11.6 Å². The molecule has 8 heteroatoms. The summed E-state index contributed by atoms with van der Waals surface area (Å²) in [5, 5.41) is 6.18. The molecule has 2 aliphatic rings. The molecule has 2 aliphatic heterocycles. The third kappa shape index (κ3) is 3.39. The Morgan fingerprint density at radius 3 is 2.69 bits per heavy atom. The zero-order valence-electron chi connectivity index (χ0n) is 13.7. The second kappa shape index (κ2) is 6.76. The second-order valence-corrected chi connectivity index (χ2v) is 6.48. The van der Waals surface area contributed by atoms with Crippen LogP contribution in [0.3, 0.4) is 0 Å². The average molecular weight is 374 g/mol. The topological polar surface area (TPSA) is 79.9 Å². The summed E-state index contributed by atoms with van der Waals surface area (Å²) >= 11 is 5.88. The molecule has 0 bridgehead atoms. The van der Waals surface area contributed by atoms with Crippen molar-refractivity contribution < 1.29 is 19.1 Å². The first-order valence-corrected chi connectivity index (χ1v) is 8.49. The molecule has 2 N–H and O–H groups in total. The van der Waals surface area contributed by atoms with Gasteiger partial charge in [0.15, 0.2) is 11.5 Å². The van der Waals surface area contributed by atoms with Crippen LogP contribution in [0.5, 0.6) is 11.5 Å². The molecule has 7 nitrogen and oxygen atoms in total. The lowest BCUT2D eigenvalue weighted by Crippen LogP contribution is -2.39. The summed E-state index contributed by atoms with van der Waals surface area (Å²) in [4.78, 5) is 26.1. The van der Waals surface area contributed by atoms with E-state index in [1.165, 1.54) is 0 Å². The van der Waals surface area contributed by atoms with Gasteiger partial charge in [-0.2, -0.15) is 0 Å². The van der Waals surface area contributed by atoms with Crippen molar-refractivity contribution in [3.63, 3.8) is 0 Å². The Bertz CT molecular complexity index is 856. The fourth-order valence-corrected chi connectivity index (χ4v) is 3.13. The van der Waals surface area contributed by atoms with E-state index in [-0.39, 0.29) is 31.2 Å². The molecule has 26 heavy (non-hydrogen) atoms. The van der Waals surface area contributed by atoms with Crippen LogP contribution in [0.2, 0.25) is 5.02 Å². The van der Waals surface area contributed by atoms with Gasteiger partial charge in [-0.05, 0) is 36.4 Å². The summed E-state index contributed by atoms with van der Waals surface area (Å²) in [6, 6.07) is 11.6. The Hall–Kier alpha value is -2.93. The predicted octanol–water partition coefficient (Wildman–Crippen LogP) is 3.00. The molecule has 0 aromatic heterocycles. The monoisotopic (exact) mass is 373 g/mol. The molecule has 1 fully saturated rings. The number of carbonyl (C=O) groups is 2. The molecule has 2 aromatic rings. The number of nitrogens with one attached hydrogen (secondary N) is 2. The number of benzene rings is 2. The normalized spacial score (nSPS) is 18.1. The summed E-state index contributed by atoms with van der Waals surface area (Å²) in [5.74, 6) is 1.20. The number of halogens is 1.